The first-order valence-electron chi connectivity index (χ1n) is 21.2. The second-order valence-corrected chi connectivity index (χ2v) is 19.4. The van der Waals surface area contributed by atoms with Crippen molar-refractivity contribution >= 4 is 97.9 Å². The molecule has 0 unspecified atom stereocenters. The van der Waals surface area contributed by atoms with Gasteiger partial charge in [-0.1, -0.05) is 47.9 Å². The van der Waals surface area contributed by atoms with Gasteiger partial charge >= 0.3 is 0 Å². The molecule has 0 saturated carbocycles. The van der Waals surface area contributed by atoms with Gasteiger partial charge in [-0.2, -0.15) is 0 Å². The van der Waals surface area contributed by atoms with Crippen molar-refractivity contribution in [1.82, 2.24) is 42.1 Å². The van der Waals surface area contributed by atoms with Crippen molar-refractivity contribution in [3.8, 4) is 0 Å². The summed E-state index contributed by atoms with van der Waals surface area (Å²) in [7, 11) is 2.06. The number of thiophene rings is 1. The zero-order chi connectivity index (χ0) is 49.1. The molecule has 1 aromatic rings. The van der Waals surface area contributed by atoms with E-state index in [9.17, 15) is 52.7 Å². The van der Waals surface area contributed by atoms with Gasteiger partial charge in [-0.25, -0.2) is 0 Å². The lowest BCUT2D eigenvalue weighted by molar-refractivity contribution is -0.142. The van der Waals surface area contributed by atoms with Crippen molar-refractivity contribution < 1.29 is 52.7 Å². The first-order chi connectivity index (χ1) is 31.2. The largest absolute Gasteiger partial charge is 0.370 e. The highest BCUT2D eigenvalue weighted by molar-refractivity contribution is 8.76. The molecule has 17 N–H and O–H groups in total. The topological polar surface area (TPSA) is 405 Å². The van der Waals surface area contributed by atoms with E-state index in [0.717, 1.165) is 26.5 Å². The van der Waals surface area contributed by atoms with E-state index in [1.54, 1.807) is 31.4 Å². The lowest BCUT2D eigenvalue weighted by Gasteiger charge is -2.31. The van der Waals surface area contributed by atoms with Crippen LogP contribution in [0.2, 0.25) is 0 Å². The first-order valence-corrected chi connectivity index (χ1v) is 24.6. The molecule has 3 rings (SSSR count). The molecule has 0 radical (unpaired) electrons. The summed E-state index contributed by atoms with van der Waals surface area (Å²) >= 11 is 1.33. The minimum absolute atomic E-state index is 0.0303. The molecule has 0 spiro atoms. The summed E-state index contributed by atoms with van der Waals surface area (Å²) in [4.78, 5) is 148. The number of nitrogens with two attached hydrogens (primary N) is 5. The maximum atomic E-state index is 14.4. The van der Waals surface area contributed by atoms with Gasteiger partial charge in [0.15, 0.2) is 0 Å². The quantitative estimate of drug-likeness (QED) is 0.0651. The molecule has 3 heterocycles. The third-order valence-electron chi connectivity index (χ3n) is 10.6. The van der Waals surface area contributed by atoms with Crippen molar-refractivity contribution in [2.24, 2.45) is 34.6 Å². The summed E-state index contributed by atoms with van der Waals surface area (Å²) in [6.07, 6.45) is -0.302. The number of amides is 11. The zero-order valence-electron chi connectivity index (χ0n) is 36.7. The van der Waals surface area contributed by atoms with Crippen molar-refractivity contribution in [3.63, 3.8) is 0 Å². The predicted octanol–water partition coefficient (Wildman–Crippen LogP) is -4.95. The van der Waals surface area contributed by atoms with Gasteiger partial charge in [0, 0.05) is 29.3 Å². The maximum absolute atomic E-state index is 14.4. The molecule has 66 heavy (non-hydrogen) atoms. The van der Waals surface area contributed by atoms with Crippen LogP contribution in [0.3, 0.4) is 0 Å². The number of carbonyl (C=O) groups excluding carboxylic acids is 11. The Hall–Kier alpha value is -5.51. The van der Waals surface area contributed by atoms with E-state index in [-0.39, 0.29) is 43.9 Å². The lowest BCUT2D eigenvalue weighted by atomic mass is 9.97. The summed E-state index contributed by atoms with van der Waals surface area (Å²) in [6.45, 7) is 3.13. The summed E-state index contributed by atoms with van der Waals surface area (Å²) in [5.74, 6) is -10.5. The third-order valence-corrected chi connectivity index (χ3v) is 14.0. The number of hydrogen-bond acceptors (Lipinski definition) is 16. The van der Waals surface area contributed by atoms with Crippen molar-refractivity contribution in [2.75, 3.05) is 31.1 Å². The predicted molar refractivity (Wildman–Crippen MR) is 245 cm³/mol. The third kappa shape index (κ3) is 17.4. The van der Waals surface area contributed by atoms with E-state index in [2.05, 4.69) is 37.2 Å². The summed E-state index contributed by atoms with van der Waals surface area (Å²) < 4.78 is 0. The second kappa shape index (κ2) is 27.2. The molecule has 0 bridgehead atoms. The highest BCUT2D eigenvalue weighted by Gasteiger charge is 2.41. The van der Waals surface area contributed by atoms with Crippen LogP contribution >= 0.6 is 32.9 Å². The number of primary amides is 3. The Balaban J connectivity index is 2.02. The van der Waals surface area contributed by atoms with Gasteiger partial charge in [0.05, 0.1) is 25.4 Å². The number of likely N-dealkylation sites (tertiary alicyclic amines) is 1. The van der Waals surface area contributed by atoms with Gasteiger partial charge in [0.25, 0.3) is 0 Å². The van der Waals surface area contributed by atoms with Crippen LogP contribution in [0.4, 0.5) is 0 Å². The van der Waals surface area contributed by atoms with Gasteiger partial charge < -0.3 is 70.8 Å². The van der Waals surface area contributed by atoms with Crippen LogP contribution in [0.25, 0.3) is 0 Å². The van der Waals surface area contributed by atoms with Crippen LogP contribution in [0.5, 0.6) is 0 Å². The fourth-order valence-corrected chi connectivity index (χ4v) is 9.88. The Bertz CT molecular complexity index is 1930. The Kier molecular flexibility index (Phi) is 22.6. The molecule has 1 aromatic heterocycles. The van der Waals surface area contributed by atoms with Crippen LogP contribution in [-0.2, 0) is 59.2 Å². The van der Waals surface area contributed by atoms with Crippen LogP contribution < -0.4 is 65.9 Å². The van der Waals surface area contributed by atoms with E-state index in [4.69, 9.17) is 28.7 Å². The summed E-state index contributed by atoms with van der Waals surface area (Å²) in [6, 6.07) is -7.47. The smallest absolute Gasteiger partial charge is 0.246 e. The molecule has 0 aliphatic carbocycles. The van der Waals surface area contributed by atoms with Crippen molar-refractivity contribution in [1.29, 1.82) is 0 Å². The van der Waals surface area contributed by atoms with Crippen molar-refractivity contribution in [3.05, 3.63) is 22.4 Å². The van der Waals surface area contributed by atoms with Crippen LogP contribution in [-0.4, -0.2) is 149 Å². The Morgan fingerprint density at radius 1 is 0.818 bits per heavy atom. The van der Waals surface area contributed by atoms with E-state index < -0.39 is 139 Å². The van der Waals surface area contributed by atoms with E-state index in [1.807, 2.05) is 0 Å². The number of carbonyl (C=O) groups is 11. The number of hydrogen-bond donors (Lipinski definition) is 12. The Morgan fingerprint density at radius 3 is 2.02 bits per heavy atom. The molecule has 11 amide bonds. The van der Waals surface area contributed by atoms with Gasteiger partial charge in [-0.3, -0.25) is 52.7 Å². The fourth-order valence-electron chi connectivity index (χ4n) is 6.85. The van der Waals surface area contributed by atoms with E-state index in [0.29, 0.717) is 19.3 Å². The Labute approximate surface area is 393 Å². The molecule has 27 heteroatoms. The molecular formula is C39H61N13O11S3. The second-order valence-electron chi connectivity index (χ2n) is 15.8. The zero-order valence-corrected chi connectivity index (χ0v) is 39.1. The Morgan fingerprint density at radius 2 is 1.42 bits per heavy atom. The van der Waals surface area contributed by atoms with Crippen molar-refractivity contribution in [2.45, 2.75) is 114 Å². The fraction of sp³-hybridized carbons (Fsp3) is 0.615. The van der Waals surface area contributed by atoms with Crippen LogP contribution in [0.15, 0.2) is 17.5 Å². The average Bonchev–Trinajstić information content (AvgIpc) is 3.98. The highest BCUT2D eigenvalue weighted by atomic mass is 33.1. The van der Waals surface area contributed by atoms with Gasteiger partial charge in [0.1, 0.15) is 42.3 Å². The summed E-state index contributed by atoms with van der Waals surface area (Å²) in [5, 5.41) is 19.4. The normalized spacial score (nSPS) is 24.8. The van der Waals surface area contributed by atoms with Crippen LogP contribution in [0.1, 0.15) is 63.7 Å². The van der Waals surface area contributed by atoms with Gasteiger partial charge in [0.2, 0.25) is 65.0 Å². The van der Waals surface area contributed by atoms with E-state index >= 15 is 0 Å². The summed E-state index contributed by atoms with van der Waals surface area (Å²) in [5.41, 5.74) is 28.0. The molecule has 2 aliphatic rings. The van der Waals surface area contributed by atoms with Gasteiger partial charge in [-0.15, -0.1) is 11.3 Å². The highest BCUT2D eigenvalue weighted by Crippen LogP contribution is 2.26. The molecule has 2 saturated heterocycles. The maximum Gasteiger partial charge on any atom is 0.246 e. The minimum Gasteiger partial charge on any atom is -0.370 e. The molecule has 9 atom stereocenters. The molecule has 2 aliphatic heterocycles. The minimum atomic E-state index is -1.78. The first kappa shape index (κ1) is 54.8. The standard InChI is InChI=1S/C39H61N13O11S3/c1-3-19(2)31-38(62)49-25(15-29(43)54)34(58)48-24(14-28(42)53)35(59)50-26(18-66-65-17-21(41)32(56)47-23(36(60)51-31)13-20-7-6-12-64-20)39(63)52-11-5-9-27(52)37(61)46-22(8-4-10-40)33(57)45-16-30(44)55/h6-7,12,19,21-27,31H,3-5,8-11,13-18,40-41H2,1-2H3,(H2,42,53)(H2,43,54)(H2,44,55)(H,45,57)(H,46,61)(H,47,56)(H,48,58)(H,49,62)(H,50,59)(H,51,60)/t19-,21-,22-,23-,24-,25-,26-,27-,31-/m0/s1. The molecule has 2 fully saturated rings. The number of nitrogens with zero attached hydrogens (tertiary/aromatic N) is 1. The SMILES string of the molecule is CC[C@H](C)[C@@H]1NC(=O)[C@H](Cc2cccs2)NC(=O)[C@@H](N)CSSC[C@@H](C(=O)N2CCC[C@H]2C(=O)N[C@@H](CCCN)C(=O)NCC(N)=O)NC(=O)[C@H](CC(N)=O)NC(=O)[C@H](CC(N)=O)NC1=O. The molecule has 24 nitrogen and oxygen atoms in total. The molecule has 0 aromatic carbocycles. The lowest BCUT2D eigenvalue weighted by Crippen LogP contribution is -2.62. The van der Waals surface area contributed by atoms with Gasteiger partial charge in [-0.05, 0) is 49.6 Å². The number of rotatable bonds is 17. The molecule has 366 valence electrons. The molecular weight excluding hydrogens is 923 g/mol. The average molecular weight is 984 g/mol. The van der Waals surface area contributed by atoms with E-state index in [1.165, 1.54) is 16.2 Å². The van der Waals surface area contributed by atoms with Crippen LogP contribution in [0, 0.1) is 5.92 Å². The monoisotopic (exact) mass is 983 g/mol. The number of nitrogens with one attached hydrogen (secondary N) is 7.